The topological polar surface area (TPSA) is 87.4 Å². The van der Waals surface area contributed by atoms with E-state index in [0.29, 0.717) is 23.7 Å². The molecule has 19 heavy (non-hydrogen) atoms. The van der Waals surface area contributed by atoms with Crippen LogP contribution in [-0.2, 0) is 4.79 Å². The van der Waals surface area contributed by atoms with Gasteiger partial charge in [0.2, 0.25) is 5.91 Å². The molecule has 1 aromatic rings. The van der Waals surface area contributed by atoms with E-state index < -0.39 is 6.04 Å². The molecule has 0 bridgehead atoms. The standard InChI is InChI=1S/C13H18ClN3O2/c1-7-2-12(18)9(3-10(7)14)11(15)6-17-13(19)8-4-16-5-8/h2-3,8,11,16,18H,4-6,15H2,1H3,(H,17,19)/t11-/m0/s1. The molecule has 1 heterocycles. The fraction of sp³-hybridized carbons (Fsp3) is 0.462. The Labute approximate surface area is 117 Å². The number of nitrogens with two attached hydrogens (primary N) is 1. The predicted molar refractivity (Wildman–Crippen MR) is 74.2 cm³/mol. The predicted octanol–water partition coefficient (Wildman–Crippen LogP) is 0.689. The number of nitrogens with one attached hydrogen (secondary N) is 2. The molecule has 2 rings (SSSR count). The normalized spacial score (nSPS) is 16.8. The molecule has 1 aliphatic rings. The molecule has 0 aliphatic carbocycles. The van der Waals surface area contributed by atoms with E-state index >= 15 is 0 Å². The van der Waals surface area contributed by atoms with Crippen molar-refractivity contribution in [1.29, 1.82) is 0 Å². The number of hydrogen-bond donors (Lipinski definition) is 4. The lowest BCUT2D eigenvalue weighted by molar-refractivity contribution is -0.126. The molecule has 0 spiro atoms. The van der Waals surface area contributed by atoms with Gasteiger partial charge in [-0.05, 0) is 24.6 Å². The van der Waals surface area contributed by atoms with Crippen LogP contribution < -0.4 is 16.4 Å². The Morgan fingerprint density at radius 2 is 2.32 bits per heavy atom. The minimum absolute atomic E-state index is 0.00750. The van der Waals surface area contributed by atoms with Gasteiger partial charge in [0.15, 0.2) is 0 Å². The second-order valence-electron chi connectivity index (χ2n) is 4.87. The van der Waals surface area contributed by atoms with Gasteiger partial charge in [0.25, 0.3) is 0 Å². The van der Waals surface area contributed by atoms with E-state index in [2.05, 4.69) is 10.6 Å². The summed E-state index contributed by atoms with van der Waals surface area (Å²) in [6.07, 6.45) is 0. The minimum Gasteiger partial charge on any atom is -0.508 e. The molecule has 1 atom stereocenters. The number of hydrogen-bond acceptors (Lipinski definition) is 4. The van der Waals surface area contributed by atoms with Crippen molar-refractivity contribution in [2.24, 2.45) is 11.7 Å². The maximum absolute atomic E-state index is 11.7. The summed E-state index contributed by atoms with van der Waals surface area (Å²) in [5.41, 5.74) is 7.31. The highest BCUT2D eigenvalue weighted by Gasteiger charge is 2.25. The van der Waals surface area contributed by atoms with Crippen molar-refractivity contribution < 1.29 is 9.90 Å². The van der Waals surface area contributed by atoms with E-state index in [1.165, 1.54) is 0 Å². The second kappa shape index (κ2) is 5.77. The lowest BCUT2D eigenvalue weighted by Gasteiger charge is -2.26. The van der Waals surface area contributed by atoms with Gasteiger partial charge in [0.1, 0.15) is 5.75 Å². The number of carbonyl (C=O) groups excluding carboxylic acids is 1. The summed E-state index contributed by atoms with van der Waals surface area (Å²) in [4.78, 5) is 11.7. The summed E-state index contributed by atoms with van der Waals surface area (Å²) < 4.78 is 0. The third-order valence-corrected chi connectivity index (χ3v) is 3.76. The van der Waals surface area contributed by atoms with E-state index in [9.17, 15) is 9.90 Å². The zero-order valence-electron chi connectivity index (χ0n) is 10.7. The molecule has 0 aromatic heterocycles. The zero-order valence-corrected chi connectivity index (χ0v) is 11.5. The highest BCUT2D eigenvalue weighted by molar-refractivity contribution is 6.31. The number of aromatic hydroxyl groups is 1. The fourth-order valence-electron chi connectivity index (χ4n) is 1.92. The SMILES string of the molecule is Cc1cc(O)c([C@@H](N)CNC(=O)C2CNC2)cc1Cl. The Hall–Kier alpha value is -1.30. The number of aryl methyl sites for hydroxylation is 1. The molecule has 1 amide bonds. The number of halogens is 1. The van der Waals surface area contributed by atoms with Crippen LogP contribution >= 0.6 is 11.6 Å². The van der Waals surface area contributed by atoms with Gasteiger partial charge in [0.05, 0.1) is 12.0 Å². The molecule has 1 aliphatic heterocycles. The van der Waals surface area contributed by atoms with E-state index in [1.807, 2.05) is 6.92 Å². The van der Waals surface area contributed by atoms with Crippen molar-refractivity contribution in [1.82, 2.24) is 10.6 Å². The van der Waals surface area contributed by atoms with Crippen molar-refractivity contribution in [3.63, 3.8) is 0 Å². The molecule has 0 radical (unpaired) electrons. The third-order valence-electron chi connectivity index (χ3n) is 3.36. The van der Waals surface area contributed by atoms with Crippen LogP contribution in [-0.4, -0.2) is 30.6 Å². The average molecular weight is 284 g/mol. The number of benzene rings is 1. The zero-order chi connectivity index (χ0) is 14.0. The molecule has 0 saturated carbocycles. The Balaban J connectivity index is 1.97. The average Bonchev–Trinajstić information content (AvgIpc) is 2.28. The first-order valence-electron chi connectivity index (χ1n) is 6.22. The Morgan fingerprint density at radius 3 is 2.89 bits per heavy atom. The molecular formula is C13H18ClN3O2. The van der Waals surface area contributed by atoms with Crippen LogP contribution in [0, 0.1) is 12.8 Å². The molecule has 104 valence electrons. The largest absolute Gasteiger partial charge is 0.508 e. The summed E-state index contributed by atoms with van der Waals surface area (Å²) in [7, 11) is 0. The first-order chi connectivity index (χ1) is 8.99. The van der Waals surface area contributed by atoms with Crippen molar-refractivity contribution in [3.05, 3.63) is 28.3 Å². The number of phenols is 1. The highest BCUT2D eigenvalue weighted by Crippen LogP contribution is 2.29. The van der Waals surface area contributed by atoms with Crippen molar-refractivity contribution >= 4 is 17.5 Å². The van der Waals surface area contributed by atoms with Crippen LogP contribution in [0.1, 0.15) is 17.2 Å². The summed E-state index contributed by atoms with van der Waals surface area (Å²) in [6.45, 7) is 3.51. The number of amides is 1. The monoisotopic (exact) mass is 283 g/mol. The molecule has 5 N–H and O–H groups in total. The highest BCUT2D eigenvalue weighted by atomic mass is 35.5. The molecule has 5 nitrogen and oxygen atoms in total. The van der Waals surface area contributed by atoms with Gasteiger partial charge >= 0.3 is 0 Å². The van der Waals surface area contributed by atoms with Gasteiger partial charge < -0.3 is 21.5 Å². The van der Waals surface area contributed by atoms with Crippen LogP contribution in [0.5, 0.6) is 5.75 Å². The third kappa shape index (κ3) is 3.18. The van der Waals surface area contributed by atoms with Gasteiger partial charge in [-0.3, -0.25) is 4.79 Å². The first-order valence-corrected chi connectivity index (χ1v) is 6.60. The quantitative estimate of drug-likeness (QED) is 0.655. The van der Waals surface area contributed by atoms with Crippen molar-refractivity contribution in [2.45, 2.75) is 13.0 Å². The van der Waals surface area contributed by atoms with Crippen LogP contribution in [0.25, 0.3) is 0 Å². The number of phenolic OH excluding ortho intramolecular Hbond substituents is 1. The van der Waals surface area contributed by atoms with E-state index in [4.69, 9.17) is 17.3 Å². The first kappa shape index (κ1) is 14.1. The lowest BCUT2D eigenvalue weighted by Crippen LogP contribution is -2.51. The second-order valence-corrected chi connectivity index (χ2v) is 5.27. The van der Waals surface area contributed by atoms with Gasteiger partial charge in [-0.1, -0.05) is 11.6 Å². The minimum atomic E-state index is -0.477. The van der Waals surface area contributed by atoms with Crippen LogP contribution in [0.2, 0.25) is 5.02 Å². The molecule has 0 unspecified atom stereocenters. The Bertz CT molecular complexity index is 489. The van der Waals surface area contributed by atoms with Gasteiger partial charge in [-0.2, -0.15) is 0 Å². The number of carbonyl (C=O) groups is 1. The molecule has 1 saturated heterocycles. The molecule has 6 heteroatoms. The van der Waals surface area contributed by atoms with Crippen molar-refractivity contribution in [2.75, 3.05) is 19.6 Å². The molecule has 1 aromatic carbocycles. The van der Waals surface area contributed by atoms with E-state index in [0.717, 1.165) is 5.56 Å². The lowest BCUT2D eigenvalue weighted by atomic mass is 10.0. The Morgan fingerprint density at radius 1 is 1.63 bits per heavy atom. The summed E-state index contributed by atoms with van der Waals surface area (Å²) >= 11 is 6.01. The van der Waals surface area contributed by atoms with E-state index in [-0.39, 0.29) is 24.1 Å². The van der Waals surface area contributed by atoms with Crippen LogP contribution in [0.15, 0.2) is 12.1 Å². The maximum Gasteiger partial charge on any atom is 0.225 e. The van der Waals surface area contributed by atoms with Gasteiger partial charge in [-0.15, -0.1) is 0 Å². The summed E-state index contributed by atoms with van der Waals surface area (Å²) in [6, 6.07) is 2.75. The fourth-order valence-corrected chi connectivity index (χ4v) is 2.09. The molecule has 1 fully saturated rings. The van der Waals surface area contributed by atoms with Gasteiger partial charge in [0, 0.05) is 30.2 Å². The van der Waals surface area contributed by atoms with Crippen LogP contribution in [0.4, 0.5) is 0 Å². The maximum atomic E-state index is 11.7. The van der Waals surface area contributed by atoms with Gasteiger partial charge in [-0.25, -0.2) is 0 Å². The molecular weight excluding hydrogens is 266 g/mol. The summed E-state index contributed by atoms with van der Waals surface area (Å²) in [5, 5.41) is 16.2. The summed E-state index contributed by atoms with van der Waals surface area (Å²) in [5.74, 6) is 0.128. The van der Waals surface area contributed by atoms with E-state index in [1.54, 1.807) is 12.1 Å². The van der Waals surface area contributed by atoms with Crippen molar-refractivity contribution in [3.8, 4) is 5.75 Å². The smallest absolute Gasteiger partial charge is 0.225 e. The Kier molecular flexibility index (Phi) is 4.29. The van der Waals surface area contributed by atoms with Crippen LogP contribution in [0.3, 0.4) is 0 Å². The number of rotatable bonds is 4.